The Bertz CT molecular complexity index is 1240. The molecule has 0 amide bonds. The number of carbonyl (C=O) groups excluding carboxylic acids is 2. The zero-order valence-corrected chi connectivity index (χ0v) is 16.8. The van der Waals surface area contributed by atoms with E-state index >= 15 is 0 Å². The third-order valence-corrected chi connectivity index (χ3v) is 6.93. The van der Waals surface area contributed by atoms with Crippen LogP contribution in [0.3, 0.4) is 0 Å². The number of nitrogens with zero attached hydrogens (tertiary/aromatic N) is 1. The standard InChI is InChI=1S/C23H19NO5S/c25-13-12-24(15-16-6-2-1-3-7-16)30(28,29)17-10-11-20-21(14-17)23(27)19-9-5-4-8-18(19)22(20)26/h1-11,14,25H,12-13,15H2. The highest BCUT2D eigenvalue weighted by molar-refractivity contribution is 7.89. The molecule has 0 heterocycles. The molecule has 30 heavy (non-hydrogen) atoms. The first-order valence-electron chi connectivity index (χ1n) is 9.41. The number of ketones is 2. The zero-order chi connectivity index (χ0) is 21.3. The van der Waals surface area contributed by atoms with Crippen LogP contribution >= 0.6 is 0 Å². The lowest BCUT2D eigenvalue weighted by atomic mass is 9.84. The number of hydrogen-bond acceptors (Lipinski definition) is 5. The van der Waals surface area contributed by atoms with E-state index in [2.05, 4.69) is 0 Å². The molecule has 3 aromatic carbocycles. The second kappa shape index (κ2) is 7.95. The monoisotopic (exact) mass is 421 g/mol. The van der Waals surface area contributed by atoms with E-state index in [1.165, 1.54) is 18.2 Å². The van der Waals surface area contributed by atoms with Crippen LogP contribution in [0.25, 0.3) is 0 Å². The van der Waals surface area contributed by atoms with Crippen LogP contribution in [0.4, 0.5) is 0 Å². The summed E-state index contributed by atoms with van der Waals surface area (Å²) in [7, 11) is -4.00. The molecular formula is C23H19NO5S. The summed E-state index contributed by atoms with van der Waals surface area (Å²) >= 11 is 0. The molecule has 0 spiro atoms. The van der Waals surface area contributed by atoms with E-state index in [0.717, 1.165) is 9.87 Å². The number of hydrogen-bond donors (Lipinski definition) is 1. The number of aliphatic hydroxyl groups is 1. The molecule has 1 N–H and O–H groups in total. The summed E-state index contributed by atoms with van der Waals surface area (Å²) in [6.07, 6.45) is 0. The van der Waals surface area contributed by atoms with Gasteiger partial charge in [-0.15, -0.1) is 0 Å². The Morgan fingerprint density at radius 1 is 0.733 bits per heavy atom. The van der Waals surface area contributed by atoms with Gasteiger partial charge in [-0.2, -0.15) is 4.31 Å². The molecule has 0 bridgehead atoms. The van der Waals surface area contributed by atoms with E-state index in [1.807, 2.05) is 6.07 Å². The van der Waals surface area contributed by atoms with E-state index in [-0.39, 0.29) is 52.8 Å². The van der Waals surface area contributed by atoms with Crippen molar-refractivity contribution in [1.82, 2.24) is 4.31 Å². The van der Waals surface area contributed by atoms with Gasteiger partial charge in [0, 0.05) is 35.3 Å². The van der Waals surface area contributed by atoms with Crippen molar-refractivity contribution in [3.63, 3.8) is 0 Å². The molecule has 0 aromatic heterocycles. The van der Waals surface area contributed by atoms with E-state index in [0.29, 0.717) is 5.56 Å². The maximum atomic E-state index is 13.3. The molecule has 0 aliphatic heterocycles. The Hall–Kier alpha value is -3.13. The minimum absolute atomic E-state index is 0.0726. The van der Waals surface area contributed by atoms with Gasteiger partial charge in [0.25, 0.3) is 0 Å². The van der Waals surface area contributed by atoms with Crippen LogP contribution < -0.4 is 0 Å². The van der Waals surface area contributed by atoms with Gasteiger partial charge in [0.2, 0.25) is 10.0 Å². The van der Waals surface area contributed by atoms with Gasteiger partial charge < -0.3 is 5.11 Å². The highest BCUT2D eigenvalue weighted by Gasteiger charge is 2.32. The van der Waals surface area contributed by atoms with Crippen molar-refractivity contribution in [3.8, 4) is 0 Å². The highest BCUT2D eigenvalue weighted by atomic mass is 32.2. The molecule has 4 rings (SSSR count). The van der Waals surface area contributed by atoms with Gasteiger partial charge >= 0.3 is 0 Å². The Morgan fingerprint density at radius 2 is 1.30 bits per heavy atom. The predicted octanol–water partition coefficient (Wildman–Crippen LogP) is 2.65. The van der Waals surface area contributed by atoms with Crippen LogP contribution in [0, 0.1) is 0 Å². The van der Waals surface area contributed by atoms with Crippen molar-refractivity contribution < 1.29 is 23.1 Å². The predicted molar refractivity (Wildman–Crippen MR) is 111 cm³/mol. The van der Waals surface area contributed by atoms with Crippen LogP contribution in [0.5, 0.6) is 0 Å². The van der Waals surface area contributed by atoms with E-state index < -0.39 is 10.0 Å². The molecule has 0 saturated heterocycles. The van der Waals surface area contributed by atoms with Gasteiger partial charge in [-0.05, 0) is 23.8 Å². The van der Waals surface area contributed by atoms with Crippen molar-refractivity contribution in [2.75, 3.05) is 13.2 Å². The van der Waals surface area contributed by atoms with Gasteiger partial charge in [0.05, 0.1) is 11.5 Å². The van der Waals surface area contributed by atoms with Crippen molar-refractivity contribution in [2.45, 2.75) is 11.4 Å². The fourth-order valence-electron chi connectivity index (χ4n) is 3.57. The SMILES string of the molecule is O=C1c2ccccc2C(=O)c2cc(S(=O)(=O)N(CCO)Cc3ccccc3)ccc21. The van der Waals surface area contributed by atoms with Gasteiger partial charge in [0.15, 0.2) is 11.6 Å². The lowest BCUT2D eigenvalue weighted by Gasteiger charge is -2.23. The first-order valence-corrected chi connectivity index (χ1v) is 10.8. The smallest absolute Gasteiger partial charge is 0.243 e. The van der Waals surface area contributed by atoms with E-state index in [1.54, 1.807) is 48.5 Å². The first-order chi connectivity index (χ1) is 14.4. The summed E-state index contributed by atoms with van der Waals surface area (Å²) in [6.45, 7) is -0.359. The Labute approximate surface area is 174 Å². The average molecular weight is 421 g/mol. The quantitative estimate of drug-likeness (QED) is 0.517. The van der Waals surface area contributed by atoms with Crippen LogP contribution in [0.15, 0.2) is 77.7 Å². The van der Waals surface area contributed by atoms with Crippen molar-refractivity contribution in [3.05, 3.63) is 101 Å². The third kappa shape index (κ3) is 3.47. The summed E-state index contributed by atoms with van der Waals surface area (Å²) in [5.74, 6) is -0.685. The Balaban J connectivity index is 1.75. The Morgan fingerprint density at radius 3 is 1.93 bits per heavy atom. The summed E-state index contributed by atoms with van der Waals surface area (Å²) in [6, 6.07) is 19.5. The average Bonchev–Trinajstić information content (AvgIpc) is 2.77. The van der Waals surface area contributed by atoms with E-state index in [9.17, 15) is 23.1 Å². The molecular weight excluding hydrogens is 402 g/mol. The summed E-state index contributed by atoms with van der Waals surface area (Å²) in [4.78, 5) is 25.6. The normalized spacial score (nSPS) is 13.3. The maximum absolute atomic E-state index is 13.3. The molecule has 1 aliphatic rings. The molecule has 6 nitrogen and oxygen atoms in total. The number of fused-ring (bicyclic) bond motifs is 2. The van der Waals surface area contributed by atoms with Crippen LogP contribution in [-0.2, 0) is 16.6 Å². The van der Waals surface area contributed by atoms with Crippen LogP contribution in [0.2, 0.25) is 0 Å². The number of benzene rings is 3. The van der Waals surface area contributed by atoms with Gasteiger partial charge in [0.1, 0.15) is 0 Å². The van der Waals surface area contributed by atoms with Gasteiger partial charge in [-0.3, -0.25) is 9.59 Å². The zero-order valence-electron chi connectivity index (χ0n) is 16.0. The molecule has 152 valence electrons. The van der Waals surface area contributed by atoms with Crippen molar-refractivity contribution in [1.29, 1.82) is 0 Å². The maximum Gasteiger partial charge on any atom is 0.243 e. The molecule has 0 radical (unpaired) electrons. The second-order valence-electron chi connectivity index (χ2n) is 6.96. The largest absolute Gasteiger partial charge is 0.395 e. The minimum atomic E-state index is -4.00. The second-order valence-corrected chi connectivity index (χ2v) is 8.90. The van der Waals surface area contributed by atoms with Crippen LogP contribution in [0.1, 0.15) is 37.4 Å². The lowest BCUT2D eigenvalue weighted by molar-refractivity contribution is 0.0979. The van der Waals surface area contributed by atoms with Gasteiger partial charge in [-0.25, -0.2) is 8.42 Å². The number of aliphatic hydroxyl groups excluding tert-OH is 1. The Kier molecular flexibility index (Phi) is 5.34. The summed E-state index contributed by atoms with van der Waals surface area (Å²) < 4.78 is 27.7. The molecule has 0 fully saturated rings. The van der Waals surface area contributed by atoms with Crippen molar-refractivity contribution in [2.24, 2.45) is 0 Å². The topological polar surface area (TPSA) is 91.8 Å². The first kappa shape index (κ1) is 20.2. The molecule has 1 aliphatic carbocycles. The summed E-state index contributed by atoms with van der Waals surface area (Å²) in [5, 5.41) is 9.40. The van der Waals surface area contributed by atoms with E-state index in [4.69, 9.17) is 0 Å². The number of carbonyl (C=O) groups is 2. The molecule has 0 saturated carbocycles. The fraction of sp³-hybridized carbons (Fsp3) is 0.130. The van der Waals surface area contributed by atoms with Gasteiger partial charge in [-0.1, -0.05) is 54.6 Å². The molecule has 0 atom stereocenters. The number of rotatable bonds is 6. The fourth-order valence-corrected chi connectivity index (χ4v) is 5.02. The summed E-state index contributed by atoms with van der Waals surface area (Å²) in [5.41, 5.74) is 1.61. The molecule has 7 heteroatoms. The number of sulfonamides is 1. The highest BCUT2D eigenvalue weighted by Crippen LogP contribution is 2.30. The van der Waals surface area contributed by atoms with Crippen molar-refractivity contribution >= 4 is 21.6 Å². The lowest BCUT2D eigenvalue weighted by Crippen LogP contribution is -2.33. The van der Waals surface area contributed by atoms with Crippen LogP contribution in [-0.4, -0.2) is 42.5 Å². The minimum Gasteiger partial charge on any atom is -0.395 e. The molecule has 0 unspecified atom stereocenters. The third-order valence-electron chi connectivity index (χ3n) is 5.09. The molecule has 3 aromatic rings.